The Balaban J connectivity index is 0.00000420. The summed E-state index contributed by atoms with van der Waals surface area (Å²) in [5.74, 6) is 0.479. The van der Waals surface area contributed by atoms with E-state index < -0.39 is 23.8 Å². The summed E-state index contributed by atoms with van der Waals surface area (Å²) in [5, 5.41) is 0.841. The molecule has 39 heavy (non-hydrogen) atoms. The van der Waals surface area contributed by atoms with Gasteiger partial charge in [-0.2, -0.15) is 13.2 Å². The summed E-state index contributed by atoms with van der Waals surface area (Å²) in [6.07, 6.45) is -2.70. The fourth-order valence-electron chi connectivity index (χ4n) is 4.51. The van der Waals surface area contributed by atoms with Gasteiger partial charge in [0.15, 0.2) is 5.75 Å². The quantitative estimate of drug-likeness (QED) is 0.200. The molecule has 0 radical (unpaired) electrons. The second kappa shape index (κ2) is 13.6. The van der Waals surface area contributed by atoms with Gasteiger partial charge in [-0.25, -0.2) is 0 Å². The number of hydrogen-bond acceptors (Lipinski definition) is 5. The monoisotopic (exact) mass is 602 g/mol. The standard InChI is InChI=1S/C28H27Cl2F3N2O3.ClH/c29-23-4-1-5-24(30)26(23)38-14-13-37-22-9-6-18(7-10-22)15-20(17-36)27(34)35-12-2-3-19-16-21(28(31,32)33)8-11-25(19)35;/h1,4-11,16-17,20,27H,2-3,12-15,34H2;1H. The molecule has 3 aromatic rings. The summed E-state index contributed by atoms with van der Waals surface area (Å²) in [5.41, 5.74) is 7.92. The van der Waals surface area contributed by atoms with E-state index in [0.29, 0.717) is 58.6 Å². The summed E-state index contributed by atoms with van der Waals surface area (Å²) < 4.78 is 50.8. The maximum Gasteiger partial charge on any atom is 0.416 e. The SMILES string of the molecule is Cl.NC(C(C=O)Cc1ccc(OCCOc2c(Cl)cccc2Cl)cc1)N1CCCc2cc(C(F)(F)F)ccc21. The van der Waals surface area contributed by atoms with Gasteiger partial charge in [0.05, 0.1) is 27.7 Å². The second-order valence-electron chi connectivity index (χ2n) is 9.02. The first-order chi connectivity index (χ1) is 18.2. The minimum Gasteiger partial charge on any atom is -0.490 e. The van der Waals surface area contributed by atoms with Gasteiger partial charge in [0.2, 0.25) is 0 Å². The van der Waals surface area contributed by atoms with Crippen molar-refractivity contribution in [1.29, 1.82) is 0 Å². The fourth-order valence-corrected chi connectivity index (χ4v) is 5.02. The first-order valence-electron chi connectivity index (χ1n) is 12.1. The molecule has 0 spiro atoms. The number of ether oxygens (including phenoxy) is 2. The lowest BCUT2D eigenvalue weighted by atomic mass is 9.93. The molecule has 5 nitrogen and oxygen atoms in total. The van der Waals surface area contributed by atoms with Crippen molar-refractivity contribution in [2.75, 3.05) is 24.7 Å². The third-order valence-corrected chi connectivity index (χ3v) is 7.04. The number of aldehydes is 1. The average Bonchev–Trinajstić information content (AvgIpc) is 2.90. The molecule has 1 heterocycles. The van der Waals surface area contributed by atoms with Crippen molar-refractivity contribution in [3.8, 4) is 11.5 Å². The van der Waals surface area contributed by atoms with E-state index in [9.17, 15) is 18.0 Å². The van der Waals surface area contributed by atoms with Crippen molar-refractivity contribution in [3.05, 3.63) is 87.4 Å². The normalized spacial score (nSPS) is 14.6. The molecule has 4 rings (SSSR count). The maximum atomic E-state index is 13.1. The predicted molar refractivity (Wildman–Crippen MR) is 149 cm³/mol. The molecule has 11 heteroatoms. The third-order valence-electron chi connectivity index (χ3n) is 6.45. The van der Waals surface area contributed by atoms with Gasteiger partial charge in [-0.3, -0.25) is 0 Å². The Bertz CT molecular complexity index is 1240. The van der Waals surface area contributed by atoms with Crippen LogP contribution < -0.4 is 20.1 Å². The van der Waals surface area contributed by atoms with E-state index in [1.165, 1.54) is 12.1 Å². The number of para-hydroxylation sites is 1. The zero-order valence-electron chi connectivity index (χ0n) is 20.8. The highest BCUT2D eigenvalue weighted by Crippen LogP contribution is 2.36. The van der Waals surface area contributed by atoms with Crippen LogP contribution >= 0.6 is 35.6 Å². The van der Waals surface area contributed by atoms with Crippen LogP contribution in [0.15, 0.2) is 60.7 Å². The van der Waals surface area contributed by atoms with Crippen LogP contribution in [-0.4, -0.2) is 32.2 Å². The van der Waals surface area contributed by atoms with Gasteiger partial charge in [-0.15, -0.1) is 12.4 Å². The van der Waals surface area contributed by atoms with Crippen LogP contribution in [-0.2, 0) is 23.8 Å². The number of hydrogen-bond donors (Lipinski definition) is 1. The molecule has 0 fully saturated rings. The molecule has 0 bridgehead atoms. The lowest BCUT2D eigenvalue weighted by Crippen LogP contribution is -2.50. The molecule has 1 aliphatic heterocycles. The van der Waals surface area contributed by atoms with Crippen LogP contribution in [0.2, 0.25) is 10.0 Å². The number of carbonyl (C=O) groups is 1. The average molecular weight is 604 g/mol. The van der Waals surface area contributed by atoms with Gasteiger partial charge < -0.3 is 24.9 Å². The third kappa shape index (κ3) is 7.72. The van der Waals surface area contributed by atoms with Gasteiger partial charge >= 0.3 is 6.18 Å². The molecular formula is C28H28Cl3F3N2O3. The van der Waals surface area contributed by atoms with Gasteiger partial charge in [-0.1, -0.05) is 41.4 Å². The number of alkyl halides is 3. The summed E-state index contributed by atoms with van der Waals surface area (Å²) in [7, 11) is 0. The van der Waals surface area contributed by atoms with Crippen molar-refractivity contribution >= 4 is 47.6 Å². The van der Waals surface area contributed by atoms with E-state index >= 15 is 0 Å². The summed E-state index contributed by atoms with van der Waals surface area (Å²) in [6.45, 7) is 1.08. The fraction of sp³-hybridized carbons (Fsp3) is 0.321. The van der Waals surface area contributed by atoms with E-state index in [1.807, 2.05) is 17.0 Å². The zero-order chi connectivity index (χ0) is 27.3. The topological polar surface area (TPSA) is 64.8 Å². The Morgan fingerprint density at radius 1 is 1.00 bits per heavy atom. The molecule has 2 unspecified atom stereocenters. The number of aryl methyl sites for hydroxylation is 1. The molecule has 3 aromatic carbocycles. The number of rotatable bonds is 10. The van der Waals surface area contributed by atoms with Gasteiger partial charge in [0, 0.05) is 12.2 Å². The Hall–Kier alpha value is -2.65. The largest absolute Gasteiger partial charge is 0.490 e. The number of carbonyl (C=O) groups excluding carboxylic acids is 1. The van der Waals surface area contributed by atoms with Crippen LogP contribution in [0.25, 0.3) is 0 Å². The Morgan fingerprint density at radius 3 is 2.31 bits per heavy atom. The van der Waals surface area contributed by atoms with E-state index in [1.54, 1.807) is 30.3 Å². The van der Waals surface area contributed by atoms with E-state index in [4.69, 9.17) is 38.4 Å². The van der Waals surface area contributed by atoms with Gasteiger partial charge in [0.1, 0.15) is 25.2 Å². The van der Waals surface area contributed by atoms with E-state index in [0.717, 1.165) is 17.9 Å². The number of anilines is 1. The lowest BCUT2D eigenvalue weighted by molar-refractivity contribution is -0.137. The number of nitrogens with two attached hydrogens (primary N) is 1. The Kier molecular flexibility index (Phi) is 10.8. The van der Waals surface area contributed by atoms with Crippen LogP contribution in [0.5, 0.6) is 11.5 Å². The smallest absolute Gasteiger partial charge is 0.416 e. The number of fused-ring (bicyclic) bond motifs is 1. The highest BCUT2D eigenvalue weighted by atomic mass is 35.5. The van der Waals surface area contributed by atoms with Crippen molar-refractivity contribution in [2.24, 2.45) is 11.7 Å². The van der Waals surface area contributed by atoms with Crippen molar-refractivity contribution in [2.45, 2.75) is 31.6 Å². The van der Waals surface area contributed by atoms with Crippen LogP contribution in [0.3, 0.4) is 0 Å². The van der Waals surface area contributed by atoms with Crippen LogP contribution in [0.1, 0.15) is 23.1 Å². The molecule has 1 aliphatic rings. The first-order valence-corrected chi connectivity index (χ1v) is 12.9. The molecule has 0 saturated carbocycles. The molecule has 2 atom stereocenters. The van der Waals surface area contributed by atoms with Gasteiger partial charge in [-0.05, 0) is 72.9 Å². The van der Waals surface area contributed by atoms with Crippen molar-refractivity contribution in [1.82, 2.24) is 0 Å². The Labute approximate surface area is 241 Å². The zero-order valence-corrected chi connectivity index (χ0v) is 23.1. The summed E-state index contributed by atoms with van der Waals surface area (Å²) in [4.78, 5) is 13.8. The van der Waals surface area contributed by atoms with Crippen molar-refractivity contribution in [3.63, 3.8) is 0 Å². The first kappa shape index (κ1) is 30.9. The molecule has 0 aromatic heterocycles. The van der Waals surface area contributed by atoms with Crippen LogP contribution in [0, 0.1) is 5.92 Å². The minimum atomic E-state index is -4.41. The highest BCUT2D eigenvalue weighted by molar-refractivity contribution is 6.37. The lowest BCUT2D eigenvalue weighted by Gasteiger charge is -2.38. The molecule has 0 saturated heterocycles. The van der Waals surface area contributed by atoms with E-state index in [2.05, 4.69) is 0 Å². The summed E-state index contributed by atoms with van der Waals surface area (Å²) >= 11 is 12.2. The molecule has 0 amide bonds. The predicted octanol–water partition coefficient (Wildman–Crippen LogP) is 6.99. The number of halogens is 6. The molecular weight excluding hydrogens is 576 g/mol. The molecule has 2 N–H and O–H groups in total. The van der Waals surface area contributed by atoms with Gasteiger partial charge in [0.25, 0.3) is 0 Å². The molecule has 0 aliphatic carbocycles. The second-order valence-corrected chi connectivity index (χ2v) is 9.84. The van der Waals surface area contributed by atoms with E-state index in [-0.39, 0.29) is 25.6 Å². The highest BCUT2D eigenvalue weighted by Gasteiger charge is 2.33. The minimum absolute atomic E-state index is 0. The van der Waals surface area contributed by atoms with Crippen molar-refractivity contribution < 1.29 is 27.4 Å². The number of nitrogens with zero attached hydrogens (tertiary/aromatic N) is 1. The number of benzene rings is 3. The van der Waals surface area contributed by atoms with Crippen LogP contribution in [0.4, 0.5) is 18.9 Å². The molecule has 210 valence electrons. The Morgan fingerprint density at radius 2 is 1.67 bits per heavy atom. The maximum absolute atomic E-state index is 13.1. The summed E-state index contributed by atoms with van der Waals surface area (Å²) in [6, 6.07) is 16.1.